The number of thioether (sulfide) groups is 1. The number of anilines is 4. The lowest BCUT2D eigenvalue weighted by Gasteiger charge is -2.22. The molecular formula is C81H101N7O15S. The lowest BCUT2D eigenvalue weighted by atomic mass is 10.1. The van der Waals surface area contributed by atoms with Crippen LogP contribution in [0.25, 0.3) is 22.5 Å². The van der Waals surface area contributed by atoms with Crippen molar-refractivity contribution in [1.29, 1.82) is 5.26 Å². The number of rotatable bonds is 33. The van der Waals surface area contributed by atoms with E-state index in [1.807, 2.05) is 161 Å². The maximum absolute atomic E-state index is 11.9. The maximum Gasteiger partial charge on any atom is 0.163 e. The van der Waals surface area contributed by atoms with Gasteiger partial charge in [-0.2, -0.15) is 15.5 Å². The van der Waals surface area contributed by atoms with Crippen molar-refractivity contribution in [2.45, 2.75) is 142 Å². The lowest BCUT2D eigenvalue weighted by molar-refractivity contribution is -0.163. The van der Waals surface area contributed by atoms with Crippen molar-refractivity contribution < 1.29 is 71.5 Å². The molecule has 8 aromatic rings. The normalized spacial score (nSPS) is 14.9. The van der Waals surface area contributed by atoms with Gasteiger partial charge in [0.25, 0.3) is 0 Å². The van der Waals surface area contributed by atoms with Crippen LogP contribution in [-0.4, -0.2) is 136 Å². The number of hydrogen-bond donors (Lipinski definition) is 3. The zero-order valence-corrected chi connectivity index (χ0v) is 62.3. The Bertz CT molecular complexity index is 4100. The summed E-state index contributed by atoms with van der Waals surface area (Å²) in [4.78, 5) is 12.8. The molecule has 5 aliphatic rings. The van der Waals surface area contributed by atoms with Crippen molar-refractivity contribution in [3.8, 4) is 79.7 Å². The largest absolute Gasteiger partial charge is 0.494 e. The van der Waals surface area contributed by atoms with Crippen molar-refractivity contribution in [1.82, 2.24) is 19.6 Å². The van der Waals surface area contributed by atoms with Crippen LogP contribution in [0.5, 0.6) is 51.7 Å². The van der Waals surface area contributed by atoms with Crippen molar-refractivity contribution >= 4 is 40.6 Å². The highest BCUT2D eigenvalue weighted by atomic mass is 32.2. The molecule has 0 radical (unpaired) electrons. The first-order valence-corrected chi connectivity index (χ1v) is 37.5. The molecule has 2 saturated heterocycles. The monoisotopic (exact) mass is 1440 g/mol. The quantitative estimate of drug-likeness (QED) is 0.0197. The molecule has 4 heterocycles. The molecule has 2 fully saturated rings. The van der Waals surface area contributed by atoms with Gasteiger partial charge in [-0.1, -0.05) is 18.2 Å². The van der Waals surface area contributed by atoms with E-state index in [9.17, 15) is 4.79 Å². The van der Waals surface area contributed by atoms with Crippen LogP contribution in [0.4, 0.5) is 23.0 Å². The van der Waals surface area contributed by atoms with Crippen molar-refractivity contribution in [2.75, 3.05) is 103 Å². The SMILES string of the molecule is CCOc1cc2c(cc1OCCCOC1CCCCO1)C(=O)CC2.CCOc1cccc(Nc2nn(C)c3c2Cc2cc(OCC)c(OCCCO)cc2-3)c1.CCOc1cccc(Nc2nn(C)c3c2Cc2cc(OCC)c(OCCCOC4CCCCO4)cc2-3)c1.CCOc1cccc(SC#N)c1. The van der Waals surface area contributed by atoms with Crippen LogP contribution in [0.2, 0.25) is 0 Å². The number of carbonyl (C=O) groups is 1. The molecule has 6 aromatic carbocycles. The number of aliphatic hydroxyl groups is 1. The summed E-state index contributed by atoms with van der Waals surface area (Å²) < 4.78 is 78.5. The molecule has 2 aliphatic heterocycles. The summed E-state index contributed by atoms with van der Waals surface area (Å²) in [5, 5.41) is 36.0. The van der Waals surface area contributed by atoms with E-state index in [4.69, 9.17) is 82.1 Å². The summed E-state index contributed by atoms with van der Waals surface area (Å²) in [6.07, 6.45) is 11.5. The highest BCUT2D eigenvalue weighted by Crippen LogP contribution is 2.48. The van der Waals surface area contributed by atoms with Gasteiger partial charge in [0.1, 0.15) is 22.6 Å². The second kappa shape index (κ2) is 40.2. The molecule has 3 aliphatic carbocycles. The Morgan fingerprint density at radius 1 is 0.500 bits per heavy atom. The number of Topliss-reactive ketones (excluding diaryl/α,β-unsaturated/α-hetero) is 1. The smallest absolute Gasteiger partial charge is 0.163 e. The molecule has 22 nitrogen and oxygen atoms in total. The third kappa shape index (κ3) is 21.3. The van der Waals surface area contributed by atoms with Crippen molar-refractivity contribution in [2.24, 2.45) is 14.1 Å². The Labute approximate surface area is 615 Å². The molecule has 0 spiro atoms. The molecule has 556 valence electrons. The predicted molar refractivity (Wildman–Crippen MR) is 403 cm³/mol. The standard InChI is InChI=1S/C29H37N3O5.C24H29N3O4.C19H26O5.C9H9NOS/c1-4-33-22-11-8-10-21(18-22)30-29-24-16-20-17-25(34-5-2)26(19-23(20)28(24)32(3)31-29)35-14-9-15-37-27-12-6-7-13-36-27;1-4-29-18-9-6-8-17(14-18)25-24-20-12-16-13-21(30-5-2)22(31-11-7-10-28)15-19(16)23(20)27(3)26-24;1-2-21-17-12-14-7-8-16(20)15(14)13-18(17)22-10-5-11-24-19-6-3-4-9-23-19;1-2-11-8-4-3-5-9(6-8)12-7-10/h8,10-11,17-19,27H,4-7,9,12-16H2,1-3H3,(H,30,31);6,8-9,13-15,28H,4-5,7,10-12H2,1-3H3,(H,25,26);12-13,19H,2-11H2,1H3;3-6H,2H2,1H3. The van der Waals surface area contributed by atoms with Crippen LogP contribution in [0.15, 0.2) is 114 Å². The number of nitrogens with one attached hydrogen (secondary N) is 2. The zero-order chi connectivity index (χ0) is 73.0. The molecule has 13 rings (SSSR count). The molecule has 104 heavy (non-hydrogen) atoms. The first-order valence-electron chi connectivity index (χ1n) is 36.7. The topological polar surface area (TPSA) is 241 Å². The lowest BCUT2D eigenvalue weighted by Crippen LogP contribution is -2.23. The summed E-state index contributed by atoms with van der Waals surface area (Å²) in [6.45, 7) is 19.8. The van der Waals surface area contributed by atoms with Crippen LogP contribution in [0, 0.1) is 10.7 Å². The molecule has 0 amide bonds. The summed E-state index contributed by atoms with van der Waals surface area (Å²) in [6, 6.07) is 35.4. The molecule has 3 N–H and O–H groups in total. The predicted octanol–water partition coefficient (Wildman–Crippen LogP) is 16.3. The molecule has 0 bridgehead atoms. The van der Waals surface area contributed by atoms with Gasteiger partial charge in [-0.3, -0.25) is 14.2 Å². The van der Waals surface area contributed by atoms with E-state index in [1.54, 1.807) is 0 Å². The van der Waals surface area contributed by atoms with E-state index in [0.29, 0.717) is 97.0 Å². The Morgan fingerprint density at radius 3 is 1.36 bits per heavy atom. The van der Waals surface area contributed by atoms with E-state index in [-0.39, 0.29) is 25.0 Å². The third-order valence-electron chi connectivity index (χ3n) is 17.5. The number of nitrogens with zero attached hydrogens (tertiary/aromatic N) is 5. The number of aryl methyl sites for hydroxylation is 3. The number of ketones is 1. The van der Waals surface area contributed by atoms with E-state index in [1.165, 1.54) is 29.5 Å². The third-order valence-corrected chi connectivity index (χ3v) is 18.1. The number of aliphatic hydroxyl groups excluding tert-OH is 1. The van der Waals surface area contributed by atoms with Gasteiger partial charge in [-0.25, -0.2) is 0 Å². The van der Waals surface area contributed by atoms with Gasteiger partial charge >= 0.3 is 0 Å². The first kappa shape index (κ1) is 77.5. The second-order valence-electron chi connectivity index (χ2n) is 25.0. The van der Waals surface area contributed by atoms with Crippen LogP contribution in [0.3, 0.4) is 0 Å². The first-order chi connectivity index (χ1) is 50.9. The number of aromatic nitrogens is 4. The molecule has 2 aromatic heterocycles. The molecular weight excluding hydrogens is 1340 g/mol. The van der Waals surface area contributed by atoms with Gasteiger partial charge in [0, 0.05) is 129 Å². The summed E-state index contributed by atoms with van der Waals surface area (Å²) in [7, 11) is 3.94. The van der Waals surface area contributed by atoms with E-state index in [2.05, 4.69) is 28.8 Å². The number of benzene rings is 6. The number of hydrogen-bond acceptors (Lipinski definition) is 21. The Kier molecular flexibility index (Phi) is 30.0. The van der Waals surface area contributed by atoms with Gasteiger partial charge in [0.05, 0.1) is 84.1 Å². The van der Waals surface area contributed by atoms with Crippen LogP contribution in [0.1, 0.15) is 144 Å². The highest BCUT2D eigenvalue weighted by Gasteiger charge is 2.32. The average Bonchev–Trinajstić information content (AvgIpc) is 1.60. The number of thiocyanates is 1. The Hall–Kier alpha value is -9.15. The van der Waals surface area contributed by atoms with Crippen LogP contribution < -0.4 is 53.3 Å². The van der Waals surface area contributed by atoms with E-state index >= 15 is 0 Å². The number of nitriles is 1. The maximum atomic E-state index is 11.9. The minimum atomic E-state index is -0.0690. The molecule has 2 unspecified atom stereocenters. The zero-order valence-electron chi connectivity index (χ0n) is 61.4. The summed E-state index contributed by atoms with van der Waals surface area (Å²) in [5.74, 6) is 8.70. The fourth-order valence-corrected chi connectivity index (χ4v) is 13.3. The van der Waals surface area contributed by atoms with Crippen LogP contribution >= 0.6 is 11.8 Å². The second-order valence-corrected chi connectivity index (χ2v) is 25.8. The minimum Gasteiger partial charge on any atom is -0.494 e. The average molecular weight is 1440 g/mol. The van der Waals surface area contributed by atoms with E-state index in [0.717, 1.165) is 190 Å². The highest BCUT2D eigenvalue weighted by molar-refractivity contribution is 8.03. The minimum absolute atomic E-state index is 0.0599. The van der Waals surface area contributed by atoms with Gasteiger partial charge in [-0.05, 0) is 194 Å². The van der Waals surface area contributed by atoms with Gasteiger partial charge < -0.3 is 77.3 Å². The molecule has 0 saturated carbocycles. The van der Waals surface area contributed by atoms with E-state index < -0.39 is 0 Å². The fraction of sp³-hybridized carbons (Fsp3) is 0.457. The fourth-order valence-electron chi connectivity index (χ4n) is 12.9. The van der Waals surface area contributed by atoms with Gasteiger partial charge in [0.15, 0.2) is 64.5 Å². The van der Waals surface area contributed by atoms with Crippen molar-refractivity contribution in [3.05, 3.63) is 143 Å². The van der Waals surface area contributed by atoms with Gasteiger partial charge in [0.2, 0.25) is 0 Å². The summed E-state index contributed by atoms with van der Waals surface area (Å²) in [5.41, 5.74) is 12.8. The molecule has 23 heteroatoms. The number of carbonyl (C=O) groups excluding carboxylic acids is 1. The Balaban J connectivity index is 0.000000157. The summed E-state index contributed by atoms with van der Waals surface area (Å²) >= 11 is 1.14. The molecule has 2 atom stereocenters. The van der Waals surface area contributed by atoms with Crippen molar-refractivity contribution in [3.63, 3.8) is 0 Å². The van der Waals surface area contributed by atoms with Gasteiger partial charge in [-0.15, -0.1) is 0 Å². The number of fused-ring (bicyclic) bond motifs is 7. The van der Waals surface area contributed by atoms with Crippen LogP contribution in [-0.2, 0) is 52.3 Å². The Morgan fingerprint density at radius 2 is 0.923 bits per heavy atom. The number of ether oxygens (including phenoxy) is 13.